The van der Waals surface area contributed by atoms with Crippen molar-refractivity contribution >= 4 is 5.91 Å². The maximum Gasteiger partial charge on any atom is 0.255 e. The highest BCUT2D eigenvalue weighted by molar-refractivity contribution is 5.95. The molecule has 0 spiro atoms. The van der Waals surface area contributed by atoms with Crippen LogP contribution in [0.2, 0.25) is 0 Å². The lowest BCUT2D eigenvalue weighted by molar-refractivity contribution is 0.0936. The Morgan fingerprint density at radius 1 is 1.40 bits per heavy atom. The van der Waals surface area contributed by atoms with Gasteiger partial charge >= 0.3 is 0 Å². The average molecular weight is 409 g/mol. The van der Waals surface area contributed by atoms with Crippen LogP contribution in [-0.4, -0.2) is 39.5 Å². The first-order chi connectivity index (χ1) is 14.6. The van der Waals surface area contributed by atoms with Gasteiger partial charge in [0.25, 0.3) is 5.91 Å². The van der Waals surface area contributed by atoms with Crippen LogP contribution in [-0.2, 0) is 24.1 Å². The highest BCUT2D eigenvalue weighted by Crippen LogP contribution is 2.34. The van der Waals surface area contributed by atoms with Gasteiger partial charge in [0.2, 0.25) is 11.7 Å². The molecule has 0 fully saturated rings. The zero-order valence-corrected chi connectivity index (χ0v) is 17.6. The first kappa shape index (κ1) is 20.3. The van der Waals surface area contributed by atoms with Gasteiger partial charge in [0, 0.05) is 38.4 Å². The summed E-state index contributed by atoms with van der Waals surface area (Å²) in [6.07, 6.45) is 5.17. The SMILES string of the molecule is CCc1nc(-c2ccc3c(c2)CC[C@H]3NC(=O)c2cn(CCCOC)nc2C)no1. The quantitative estimate of drug-likeness (QED) is 0.574. The van der Waals surface area contributed by atoms with Crippen molar-refractivity contribution in [2.75, 3.05) is 13.7 Å². The topological polar surface area (TPSA) is 95.1 Å². The molecule has 1 amide bonds. The van der Waals surface area contributed by atoms with Gasteiger partial charge in [-0.15, -0.1) is 0 Å². The van der Waals surface area contributed by atoms with Gasteiger partial charge in [-0.25, -0.2) is 0 Å². The lowest BCUT2D eigenvalue weighted by Crippen LogP contribution is -2.27. The van der Waals surface area contributed by atoms with Crippen LogP contribution in [0.25, 0.3) is 11.4 Å². The highest BCUT2D eigenvalue weighted by Gasteiger charge is 2.26. The number of hydrogen-bond donors (Lipinski definition) is 1. The van der Waals surface area contributed by atoms with Crippen molar-refractivity contribution in [3.63, 3.8) is 0 Å². The summed E-state index contributed by atoms with van der Waals surface area (Å²) in [5, 5.41) is 11.7. The minimum Gasteiger partial charge on any atom is -0.385 e. The van der Waals surface area contributed by atoms with E-state index in [0.29, 0.717) is 30.3 Å². The number of nitrogens with one attached hydrogen (secondary N) is 1. The first-order valence-electron chi connectivity index (χ1n) is 10.4. The molecule has 1 N–H and O–H groups in total. The number of amides is 1. The number of carbonyl (C=O) groups excluding carboxylic acids is 1. The van der Waals surface area contributed by atoms with Crippen LogP contribution in [0.5, 0.6) is 0 Å². The van der Waals surface area contributed by atoms with Crippen LogP contribution in [0.4, 0.5) is 0 Å². The van der Waals surface area contributed by atoms with E-state index in [4.69, 9.17) is 9.26 Å². The number of carbonyl (C=O) groups is 1. The van der Waals surface area contributed by atoms with Gasteiger partial charge in [-0.05, 0) is 43.4 Å². The molecular formula is C22H27N5O3. The molecule has 0 bridgehead atoms. The third kappa shape index (κ3) is 4.14. The maximum absolute atomic E-state index is 12.9. The fourth-order valence-corrected chi connectivity index (χ4v) is 3.88. The molecule has 0 radical (unpaired) electrons. The zero-order chi connectivity index (χ0) is 21.1. The molecular weight excluding hydrogens is 382 g/mol. The van der Waals surface area contributed by atoms with Crippen molar-refractivity contribution in [2.24, 2.45) is 0 Å². The molecule has 8 nitrogen and oxygen atoms in total. The Hall–Kier alpha value is -3.00. The molecule has 8 heteroatoms. The van der Waals surface area contributed by atoms with Crippen LogP contribution in [0.1, 0.15) is 58.9 Å². The predicted molar refractivity (Wildman–Crippen MR) is 111 cm³/mol. The Morgan fingerprint density at radius 3 is 3.03 bits per heavy atom. The third-order valence-corrected chi connectivity index (χ3v) is 5.48. The molecule has 1 aromatic carbocycles. The fourth-order valence-electron chi connectivity index (χ4n) is 3.88. The van der Waals surface area contributed by atoms with Crippen molar-refractivity contribution in [1.82, 2.24) is 25.2 Å². The predicted octanol–water partition coefficient (Wildman–Crippen LogP) is 3.26. The van der Waals surface area contributed by atoms with Gasteiger partial charge in [0.05, 0.1) is 17.3 Å². The van der Waals surface area contributed by atoms with E-state index in [1.54, 1.807) is 7.11 Å². The van der Waals surface area contributed by atoms with Gasteiger partial charge in [0.1, 0.15) is 0 Å². The molecule has 0 aliphatic heterocycles. The lowest BCUT2D eigenvalue weighted by atomic mass is 10.0. The van der Waals surface area contributed by atoms with E-state index in [9.17, 15) is 4.79 Å². The second-order valence-electron chi connectivity index (χ2n) is 7.58. The fraction of sp³-hybridized carbons (Fsp3) is 0.455. The van der Waals surface area contributed by atoms with Crippen LogP contribution in [0.3, 0.4) is 0 Å². The standard InChI is InChI=1S/C22H27N5O3/c1-4-20-24-21(26-30-20)16-6-8-17-15(12-16)7-9-19(17)23-22(28)18-13-27(25-14(18)2)10-5-11-29-3/h6,8,12-13,19H,4-5,7,9-11H2,1-3H3,(H,23,28)/t19-/m1/s1. The number of benzene rings is 1. The van der Waals surface area contributed by atoms with Crippen molar-refractivity contribution in [2.45, 2.75) is 52.1 Å². The summed E-state index contributed by atoms with van der Waals surface area (Å²) in [6.45, 7) is 5.25. The van der Waals surface area contributed by atoms with E-state index in [2.05, 4.69) is 32.7 Å². The summed E-state index contributed by atoms with van der Waals surface area (Å²) < 4.78 is 12.1. The molecule has 30 heavy (non-hydrogen) atoms. The van der Waals surface area contributed by atoms with Gasteiger partial charge in [-0.3, -0.25) is 9.48 Å². The summed E-state index contributed by atoms with van der Waals surface area (Å²) in [4.78, 5) is 17.3. The number of nitrogens with zero attached hydrogens (tertiary/aromatic N) is 4. The number of hydrogen-bond acceptors (Lipinski definition) is 6. The molecule has 1 aliphatic rings. The van der Waals surface area contributed by atoms with Gasteiger partial charge in [0.15, 0.2) is 0 Å². The molecule has 4 rings (SSSR count). The van der Waals surface area contributed by atoms with E-state index in [1.807, 2.05) is 30.8 Å². The number of ether oxygens (including phenoxy) is 1. The van der Waals surface area contributed by atoms with E-state index in [0.717, 1.165) is 42.6 Å². The van der Waals surface area contributed by atoms with Crippen molar-refractivity contribution in [3.05, 3.63) is 52.7 Å². The van der Waals surface area contributed by atoms with Gasteiger partial charge in [-0.2, -0.15) is 10.1 Å². The maximum atomic E-state index is 12.9. The third-order valence-electron chi connectivity index (χ3n) is 5.48. The molecule has 2 aromatic heterocycles. The molecule has 0 unspecified atom stereocenters. The van der Waals surface area contributed by atoms with Crippen molar-refractivity contribution in [1.29, 1.82) is 0 Å². The Balaban J connectivity index is 1.45. The number of methoxy groups -OCH3 is 1. The van der Waals surface area contributed by atoms with Crippen molar-refractivity contribution < 1.29 is 14.1 Å². The number of aryl methyl sites for hydroxylation is 4. The minimum absolute atomic E-state index is 0.00531. The Labute approximate surface area is 175 Å². The largest absolute Gasteiger partial charge is 0.385 e. The van der Waals surface area contributed by atoms with E-state index in [-0.39, 0.29) is 11.9 Å². The van der Waals surface area contributed by atoms with Crippen LogP contribution < -0.4 is 5.32 Å². The zero-order valence-electron chi connectivity index (χ0n) is 17.6. The number of fused-ring (bicyclic) bond motifs is 1. The van der Waals surface area contributed by atoms with Gasteiger partial charge in [-0.1, -0.05) is 24.2 Å². The molecule has 0 saturated heterocycles. The Kier molecular flexibility index (Phi) is 5.94. The van der Waals surface area contributed by atoms with E-state index in [1.165, 1.54) is 5.56 Å². The van der Waals surface area contributed by atoms with Crippen LogP contribution >= 0.6 is 0 Å². The summed E-state index contributed by atoms with van der Waals surface area (Å²) in [5.74, 6) is 1.16. The van der Waals surface area contributed by atoms with Crippen molar-refractivity contribution in [3.8, 4) is 11.4 Å². The number of rotatable bonds is 8. The van der Waals surface area contributed by atoms with Crippen LogP contribution in [0.15, 0.2) is 28.9 Å². The Morgan fingerprint density at radius 2 is 2.27 bits per heavy atom. The molecule has 1 atom stereocenters. The lowest BCUT2D eigenvalue weighted by Gasteiger charge is -2.14. The summed E-state index contributed by atoms with van der Waals surface area (Å²) in [5.41, 5.74) is 4.67. The molecule has 1 aliphatic carbocycles. The smallest absolute Gasteiger partial charge is 0.255 e. The molecule has 3 aromatic rings. The second kappa shape index (κ2) is 8.79. The summed E-state index contributed by atoms with van der Waals surface area (Å²) in [7, 11) is 1.68. The molecule has 158 valence electrons. The normalized spacial score (nSPS) is 15.4. The van der Waals surface area contributed by atoms with E-state index >= 15 is 0 Å². The van der Waals surface area contributed by atoms with E-state index < -0.39 is 0 Å². The summed E-state index contributed by atoms with van der Waals surface area (Å²) >= 11 is 0. The minimum atomic E-state index is -0.0850. The monoisotopic (exact) mass is 409 g/mol. The Bertz CT molecular complexity index is 1040. The average Bonchev–Trinajstić information content (AvgIpc) is 3.46. The number of aromatic nitrogens is 4. The van der Waals surface area contributed by atoms with Crippen LogP contribution in [0, 0.1) is 6.92 Å². The summed E-state index contributed by atoms with van der Waals surface area (Å²) in [6, 6.07) is 6.15. The molecule has 2 heterocycles. The first-order valence-corrected chi connectivity index (χ1v) is 10.4. The highest BCUT2D eigenvalue weighted by atomic mass is 16.5. The molecule has 0 saturated carbocycles. The van der Waals surface area contributed by atoms with Gasteiger partial charge < -0.3 is 14.6 Å². The second-order valence-corrected chi connectivity index (χ2v) is 7.58.